The summed E-state index contributed by atoms with van der Waals surface area (Å²) in [4.78, 5) is 2.20. The van der Waals surface area contributed by atoms with Crippen molar-refractivity contribution in [3.63, 3.8) is 0 Å². The number of benzene rings is 1. The van der Waals surface area contributed by atoms with Gasteiger partial charge in [-0.2, -0.15) is 0 Å². The summed E-state index contributed by atoms with van der Waals surface area (Å²) in [5, 5.41) is 3.56. The average Bonchev–Trinajstić information content (AvgIpc) is 2.63. The molecule has 18 heavy (non-hydrogen) atoms. The quantitative estimate of drug-likeness (QED) is 0.830. The number of hydrogen-bond acceptors (Lipinski definition) is 2. The highest BCUT2D eigenvalue weighted by atomic mass is 79.9. The first-order valence-corrected chi connectivity index (χ1v) is 7.40. The molecule has 0 bridgehead atoms. The van der Waals surface area contributed by atoms with Gasteiger partial charge in [0, 0.05) is 24.8 Å². The van der Waals surface area contributed by atoms with Crippen molar-refractivity contribution in [1.29, 1.82) is 0 Å². The van der Waals surface area contributed by atoms with Crippen molar-refractivity contribution in [3.05, 3.63) is 54.9 Å². The zero-order valence-corrected chi connectivity index (χ0v) is 13.1. The van der Waals surface area contributed by atoms with Crippen LogP contribution in [0.1, 0.15) is 21.4 Å². The molecule has 2 aromatic rings. The van der Waals surface area contributed by atoms with Crippen LogP contribution >= 0.6 is 38.9 Å². The molecule has 1 unspecified atom stereocenters. The second-order valence-electron chi connectivity index (χ2n) is 3.93. The summed E-state index contributed by atoms with van der Waals surface area (Å²) in [7, 11) is 1.80. The lowest BCUT2D eigenvalue weighted by Crippen LogP contribution is -2.18. The van der Waals surface area contributed by atoms with E-state index in [2.05, 4.69) is 21.2 Å². The highest BCUT2D eigenvalue weighted by molar-refractivity contribution is 9.10. The van der Waals surface area contributed by atoms with Crippen LogP contribution in [0.15, 0.2) is 28.7 Å². The molecule has 0 aliphatic rings. The maximum Gasteiger partial charge on any atom is 0.129 e. The highest BCUT2D eigenvalue weighted by Crippen LogP contribution is 2.38. The molecule has 0 aliphatic carbocycles. The molecule has 0 spiro atoms. The Kier molecular flexibility index (Phi) is 4.43. The van der Waals surface area contributed by atoms with Crippen molar-refractivity contribution in [2.75, 3.05) is 7.05 Å². The summed E-state index contributed by atoms with van der Waals surface area (Å²) in [5.74, 6) is -0.292. The number of nitrogens with one attached hydrogen (secondary N) is 1. The van der Waals surface area contributed by atoms with E-state index < -0.39 is 0 Å². The summed E-state index contributed by atoms with van der Waals surface area (Å²) in [6.07, 6.45) is 0. The Bertz CT molecular complexity index is 550. The van der Waals surface area contributed by atoms with Gasteiger partial charge in [0.15, 0.2) is 0 Å². The van der Waals surface area contributed by atoms with E-state index in [9.17, 15) is 4.39 Å². The van der Waals surface area contributed by atoms with E-state index in [0.29, 0.717) is 10.6 Å². The minimum atomic E-state index is -0.292. The van der Waals surface area contributed by atoms with Gasteiger partial charge in [-0.1, -0.05) is 17.7 Å². The topological polar surface area (TPSA) is 12.0 Å². The number of rotatable bonds is 3. The van der Waals surface area contributed by atoms with Crippen LogP contribution in [-0.2, 0) is 0 Å². The monoisotopic (exact) mass is 347 g/mol. The van der Waals surface area contributed by atoms with E-state index in [0.717, 1.165) is 9.35 Å². The second-order valence-corrected chi connectivity index (χ2v) is 6.48. The molecule has 0 amide bonds. The van der Waals surface area contributed by atoms with Crippen molar-refractivity contribution in [2.24, 2.45) is 0 Å². The summed E-state index contributed by atoms with van der Waals surface area (Å²) in [5.41, 5.74) is 0.490. The molecule has 0 fully saturated rings. The average molecular weight is 349 g/mol. The van der Waals surface area contributed by atoms with E-state index in [4.69, 9.17) is 11.6 Å². The van der Waals surface area contributed by atoms with E-state index in [1.165, 1.54) is 10.9 Å². The number of halogens is 3. The molecular weight excluding hydrogens is 337 g/mol. The van der Waals surface area contributed by atoms with Crippen LogP contribution in [0, 0.1) is 12.7 Å². The van der Waals surface area contributed by atoms with Crippen molar-refractivity contribution in [1.82, 2.24) is 5.32 Å². The first kappa shape index (κ1) is 14.0. The van der Waals surface area contributed by atoms with Gasteiger partial charge in [0.05, 0.1) is 6.04 Å². The molecule has 0 saturated heterocycles. The first-order valence-electron chi connectivity index (χ1n) is 5.41. The highest BCUT2D eigenvalue weighted by Gasteiger charge is 2.23. The molecule has 0 radical (unpaired) electrons. The summed E-state index contributed by atoms with van der Waals surface area (Å²) in [6, 6.07) is 6.53. The first-order chi connectivity index (χ1) is 8.54. The maximum atomic E-state index is 14.0. The fraction of sp³-hybridized carbons (Fsp3) is 0.231. The van der Waals surface area contributed by atoms with Gasteiger partial charge in [0.25, 0.3) is 0 Å². The Hall–Kier alpha value is -0.420. The van der Waals surface area contributed by atoms with Gasteiger partial charge < -0.3 is 5.32 Å². The molecule has 1 aromatic carbocycles. The zero-order chi connectivity index (χ0) is 13.3. The summed E-state index contributed by atoms with van der Waals surface area (Å²) < 4.78 is 15.0. The van der Waals surface area contributed by atoms with Crippen LogP contribution in [0.5, 0.6) is 0 Å². The lowest BCUT2D eigenvalue weighted by molar-refractivity contribution is 0.579. The second kappa shape index (κ2) is 5.70. The molecule has 1 aromatic heterocycles. The molecule has 2 rings (SSSR count). The zero-order valence-electron chi connectivity index (χ0n) is 9.93. The largest absolute Gasteiger partial charge is 0.308 e. The predicted molar refractivity (Wildman–Crippen MR) is 79.1 cm³/mol. The van der Waals surface area contributed by atoms with Gasteiger partial charge in [-0.25, -0.2) is 4.39 Å². The lowest BCUT2D eigenvalue weighted by atomic mass is 10.0. The minimum Gasteiger partial charge on any atom is -0.308 e. The molecule has 0 aliphatic heterocycles. The summed E-state index contributed by atoms with van der Waals surface area (Å²) >= 11 is 11.3. The molecule has 96 valence electrons. The van der Waals surface area contributed by atoms with Crippen LogP contribution in [0.3, 0.4) is 0 Å². The Morgan fingerprint density at radius 3 is 2.67 bits per heavy atom. The third-order valence-electron chi connectivity index (χ3n) is 2.68. The van der Waals surface area contributed by atoms with Crippen LogP contribution in [0.25, 0.3) is 0 Å². The number of aryl methyl sites for hydroxylation is 1. The smallest absolute Gasteiger partial charge is 0.129 e. The van der Waals surface area contributed by atoms with Crippen molar-refractivity contribution in [3.8, 4) is 0 Å². The Morgan fingerprint density at radius 2 is 2.17 bits per heavy atom. The Morgan fingerprint density at radius 1 is 1.44 bits per heavy atom. The van der Waals surface area contributed by atoms with Crippen molar-refractivity contribution in [2.45, 2.75) is 13.0 Å². The van der Waals surface area contributed by atoms with Crippen molar-refractivity contribution >= 4 is 38.9 Å². The molecule has 1 heterocycles. The van der Waals surface area contributed by atoms with Gasteiger partial charge in [0.1, 0.15) is 5.82 Å². The van der Waals surface area contributed by atoms with Gasteiger partial charge >= 0.3 is 0 Å². The van der Waals surface area contributed by atoms with Gasteiger partial charge in [-0.15, -0.1) is 11.3 Å². The van der Waals surface area contributed by atoms with E-state index in [1.54, 1.807) is 30.5 Å². The molecule has 0 saturated carbocycles. The third kappa shape index (κ3) is 2.62. The fourth-order valence-electron chi connectivity index (χ4n) is 1.89. The Balaban J connectivity index is 2.55. The Labute approximate surface area is 123 Å². The summed E-state index contributed by atoms with van der Waals surface area (Å²) in [6.45, 7) is 2.02. The molecule has 1 N–H and O–H groups in total. The van der Waals surface area contributed by atoms with Crippen LogP contribution in [0.2, 0.25) is 5.02 Å². The molecule has 5 heteroatoms. The SMILES string of the molecule is CNC(c1sc(C)cc1Br)c1c(F)cccc1Cl. The number of thiophene rings is 1. The van der Waals surface area contributed by atoms with Crippen molar-refractivity contribution < 1.29 is 4.39 Å². The number of hydrogen-bond donors (Lipinski definition) is 1. The molecule has 1 atom stereocenters. The maximum absolute atomic E-state index is 14.0. The van der Waals surface area contributed by atoms with E-state index in [1.807, 2.05) is 13.0 Å². The standard InChI is InChI=1S/C13H12BrClFNS/c1-7-6-8(14)13(18-7)12(17-2)11-9(15)4-3-5-10(11)16/h3-6,12,17H,1-2H3. The fourth-order valence-corrected chi connectivity index (χ4v) is 4.16. The predicted octanol–water partition coefficient (Wildman–Crippen LogP) is 4.92. The lowest BCUT2D eigenvalue weighted by Gasteiger charge is -2.18. The normalized spacial score (nSPS) is 12.7. The van der Waals surface area contributed by atoms with Gasteiger partial charge in [-0.3, -0.25) is 0 Å². The van der Waals surface area contributed by atoms with Crippen LogP contribution < -0.4 is 5.32 Å². The molecular formula is C13H12BrClFNS. The molecule has 1 nitrogen and oxygen atoms in total. The van der Waals surface area contributed by atoms with Gasteiger partial charge in [-0.05, 0) is 48.1 Å². The van der Waals surface area contributed by atoms with Gasteiger partial charge in [0.2, 0.25) is 0 Å². The van der Waals surface area contributed by atoms with Crippen LogP contribution in [0.4, 0.5) is 4.39 Å². The van der Waals surface area contributed by atoms with Crippen LogP contribution in [-0.4, -0.2) is 7.05 Å². The van der Waals surface area contributed by atoms with E-state index in [-0.39, 0.29) is 11.9 Å². The van der Waals surface area contributed by atoms with E-state index >= 15 is 0 Å². The minimum absolute atomic E-state index is 0.244. The third-order valence-corrected chi connectivity index (χ3v) is 5.04.